The van der Waals surface area contributed by atoms with E-state index in [0.29, 0.717) is 5.56 Å². The van der Waals surface area contributed by atoms with Crippen LogP contribution in [-0.2, 0) is 12.8 Å². The molecule has 0 radical (unpaired) electrons. The lowest BCUT2D eigenvalue weighted by molar-refractivity contribution is 0.674. The number of hydrogen-bond acceptors (Lipinski definition) is 3. The van der Waals surface area contributed by atoms with E-state index in [1.165, 1.54) is 29.8 Å². The summed E-state index contributed by atoms with van der Waals surface area (Å²) < 4.78 is 2.24. The van der Waals surface area contributed by atoms with Crippen molar-refractivity contribution in [2.24, 2.45) is 0 Å². The van der Waals surface area contributed by atoms with Gasteiger partial charge in [0.05, 0.1) is 17.3 Å². The van der Waals surface area contributed by atoms with Gasteiger partial charge in [0, 0.05) is 22.3 Å². The van der Waals surface area contributed by atoms with Crippen molar-refractivity contribution >= 4 is 16.3 Å². The number of thiazole rings is 1. The largest absolute Gasteiger partial charge is 0.294 e. The third kappa shape index (κ3) is 1.75. The molecule has 20 heavy (non-hydrogen) atoms. The highest BCUT2D eigenvalue weighted by molar-refractivity contribution is 7.17. The average Bonchev–Trinajstić information content (AvgIpc) is 3.05. The van der Waals surface area contributed by atoms with E-state index in [9.17, 15) is 0 Å². The molecule has 4 rings (SSSR count). The molecule has 1 aromatic carbocycles. The number of hydrogen-bond donors (Lipinski definition) is 0. The first-order valence-corrected chi connectivity index (χ1v) is 7.67. The first-order chi connectivity index (χ1) is 9.85. The van der Waals surface area contributed by atoms with E-state index in [2.05, 4.69) is 16.7 Å². The maximum absolute atomic E-state index is 8.99. The Morgan fingerprint density at radius 1 is 1.25 bits per heavy atom. The lowest BCUT2D eigenvalue weighted by Crippen LogP contribution is -2.01. The second-order valence-electron chi connectivity index (χ2n) is 5.15. The number of imidazole rings is 1. The molecule has 0 unspecified atom stereocenters. The van der Waals surface area contributed by atoms with E-state index in [1.54, 1.807) is 0 Å². The van der Waals surface area contributed by atoms with E-state index < -0.39 is 0 Å². The van der Waals surface area contributed by atoms with Crippen molar-refractivity contribution in [3.05, 3.63) is 46.6 Å². The standard InChI is InChI=1S/C16H13N3S/c17-9-11-4-3-5-12(8-11)13-10-19-14-6-1-2-7-15(14)20-16(19)18-13/h3-5,8,10H,1-2,6-7H2. The highest BCUT2D eigenvalue weighted by Gasteiger charge is 2.18. The van der Waals surface area contributed by atoms with Crippen LogP contribution < -0.4 is 0 Å². The predicted molar refractivity (Wildman–Crippen MR) is 79.9 cm³/mol. The van der Waals surface area contributed by atoms with Gasteiger partial charge in [-0.15, -0.1) is 11.3 Å². The van der Waals surface area contributed by atoms with E-state index >= 15 is 0 Å². The van der Waals surface area contributed by atoms with Crippen LogP contribution in [0.15, 0.2) is 30.5 Å². The zero-order valence-electron chi connectivity index (χ0n) is 11.0. The molecule has 2 aromatic heterocycles. The Kier molecular flexibility index (Phi) is 2.61. The molecule has 1 aliphatic carbocycles. The highest BCUT2D eigenvalue weighted by Crippen LogP contribution is 2.32. The summed E-state index contributed by atoms with van der Waals surface area (Å²) in [5, 5.41) is 8.99. The number of nitrogens with zero attached hydrogens (tertiary/aromatic N) is 3. The number of aryl methyl sites for hydroxylation is 2. The van der Waals surface area contributed by atoms with E-state index in [-0.39, 0.29) is 0 Å². The minimum absolute atomic E-state index is 0.681. The van der Waals surface area contributed by atoms with Crippen LogP contribution in [-0.4, -0.2) is 9.38 Å². The number of nitriles is 1. The molecule has 98 valence electrons. The van der Waals surface area contributed by atoms with Crippen LogP contribution in [0.25, 0.3) is 16.2 Å². The van der Waals surface area contributed by atoms with Crippen molar-refractivity contribution in [3.63, 3.8) is 0 Å². The molecule has 4 heteroatoms. The number of benzene rings is 1. The van der Waals surface area contributed by atoms with Crippen LogP contribution in [0.4, 0.5) is 0 Å². The summed E-state index contributed by atoms with van der Waals surface area (Å²) in [7, 11) is 0. The Morgan fingerprint density at radius 3 is 3.05 bits per heavy atom. The summed E-state index contributed by atoms with van der Waals surface area (Å²) in [4.78, 5) is 7.31. The lowest BCUT2D eigenvalue weighted by Gasteiger charge is -2.09. The topological polar surface area (TPSA) is 41.1 Å². The van der Waals surface area contributed by atoms with Crippen molar-refractivity contribution in [1.82, 2.24) is 9.38 Å². The van der Waals surface area contributed by atoms with E-state index in [1.807, 2.05) is 35.6 Å². The van der Waals surface area contributed by atoms with Gasteiger partial charge in [-0.25, -0.2) is 4.98 Å². The second kappa shape index (κ2) is 4.46. The number of aromatic nitrogens is 2. The monoisotopic (exact) mass is 279 g/mol. The smallest absolute Gasteiger partial charge is 0.194 e. The van der Waals surface area contributed by atoms with Gasteiger partial charge in [0.25, 0.3) is 0 Å². The molecule has 0 amide bonds. The fraction of sp³-hybridized carbons (Fsp3) is 0.250. The Hall–Kier alpha value is -2.12. The van der Waals surface area contributed by atoms with Crippen LogP contribution in [0.2, 0.25) is 0 Å². The summed E-state index contributed by atoms with van der Waals surface area (Å²) in [5.41, 5.74) is 4.10. The first-order valence-electron chi connectivity index (χ1n) is 6.85. The quantitative estimate of drug-likeness (QED) is 0.679. The molecule has 3 aromatic rings. The van der Waals surface area contributed by atoms with Gasteiger partial charge >= 0.3 is 0 Å². The third-order valence-corrected chi connectivity index (χ3v) is 5.01. The van der Waals surface area contributed by atoms with Crippen LogP contribution in [0.3, 0.4) is 0 Å². The molecule has 0 N–H and O–H groups in total. The maximum Gasteiger partial charge on any atom is 0.194 e. The van der Waals surface area contributed by atoms with E-state index in [0.717, 1.165) is 22.6 Å². The molecule has 0 spiro atoms. The fourth-order valence-electron chi connectivity index (χ4n) is 2.85. The van der Waals surface area contributed by atoms with Gasteiger partial charge in [-0.05, 0) is 37.8 Å². The van der Waals surface area contributed by atoms with Gasteiger partial charge in [0.15, 0.2) is 4.96 Å². The molecular formula is C16H13N3S. The predicted octanol–water partition coefficient (Wildman–Crippen LogP) is 3.81. The molecule has 1 aliphatic rings. The van der Waals surface area contributed by atoms with Gasteiger partial charge in [-0.2, -0.15) is 5.26 Å². The highest BCUT2D eigenvalue weighted by atomic mass is 32.1. The SMILES string of the molecule is N#Cc1cccc(-c2cn3c4c(sc3n2)CCCC4)c1. The summed E-state index contributed by atoms with van der Waals surface area (Å²) in [5.74, 6) is 0. The molecule has 0 saturated heterocycles. The Morgan fingerprint density at radius 2 is 2.15 bits per heavy atom. The fourth-order valence-corrected chi connectivity index (χ4v) is 4.04. The number of rotatable bonds is 1. The Bertz CT molecular complexity index is 835. The second-order valence-corrected chi connectivity index (χ2v) is 6.21. The summed E-state index contributed by atoms with van der Waals surface area (Å²) in [6.07, 6.45) is 7.04. The van der Waals surface area contributed by atoms with E-state index in [4.69, 9.17) is 10.2 Å². The zero-order valence-corrected chi connectivity index (χ0v) is 11.8. The van der Waals surface area contributed by atoms with Crippen LogP contribution in [0, 0.1) is 11.3 Å². The zero-order chi connectivity index (χ0) is 13.5. The summed E-state index contributed by atoms with van der Waals surface area (Å²) in [6, 6.07) is 9.83. The molecule has 3 nitrogen and oxygen atoms in total. The van der Waals surface area contributed by atoms with Crippen LogP contribution in [0.1, 0.15) is 29.0 Å². The van der Waals surface area contributed by atoms with Crippen molar-refractivity contribution in [1.29, 1.82) is 5.26 Å². The molecule has 0 atom stereocenters. The van der Waals surface area contributed by atoms with Gasteiger partial charge in [0.2, 0.25) is 0 Å². The third-order valence-electron chi connectivity index (χ3n) is 3.86. The van der Waals surface area contributed by atoms with Gasteiger partial charge < -0.3 is 0 Å². The van der Waals surface area contributed by atoms with Crippen molar-refractivity contribution in [2.75, 3.05) is 0 Å². The molecule has 2 heterocycles. The van der Waals surface area contributed by atoms with Crippen molar-refractivity contribution in [2.45, 2.75) is 25.7 Å². The van der Waals surface area contributed by atoms with Crippen LogP contribution >= 0.6 is 11.3 Å². The molecule has 0 bridgehead atoms. The minimum Gasteiger partial charge on any atom is -0.294 e. The van der Waals surface area contributed by atoms with Crippen molar-refractivity contribution in [3.8, 4) is 17.3 Å². The Balaban J connectivity index is 1.85. The van der Waals surface area contributed by atoms with Crippen LogP contribution in [0.5, 0.6) is 0 Å². The molecule has 0 fully saturated rings. The average molecular weight is 279 g/mol. The molecular weight excluding hydrogens is 266 g/mol. The summed E-state index contributed by atoms with van der Waals surface area (Å²) >= 11 is 1.81. The lowest BCUT2D eigenvalue weighted by atomic mass is 10.0. The number of fused-ring (bicyclic) bond motifs is 3. The maximum atomic E-state index is 8.99. The Labute approximate surface area is 121 Å². The molecule has 0 aliphatic heterocycles. The van der Waals surface area contributed by atoms with Crippen molar-refractivity contribution < 1.29 is 0 Å². The first kappa shape index (κ1) is 11.7. The molecule has 0 saturated carbocycles. The van der Waals surface area contributed by atoms with Gasteiger partial charge in [-0.3, -0.25) is 4.40 Å². The van der Waals surface area contributed by atoms with Gasteiger partial charge in [0.1, 0.15) is 0 Å². The normalized spacial score (nSPS) is 14.2. The van der Waals surface area contributed by atoms with Gasteiger partial charge in [-0.1, -0.05) is 12.1 Å². The summed E-state index contributed by atoms with van der Waals surface area (Å²) in [6.45, 7) is 0. The minimum atomic E-state index is 0.681.